The second kappa shape index (κ2) is 5.37. The number of nitrogens with one attached hydrogen (secondary N) is 1. The first kappa shape index (κ1) is 11.5. The molecule has 0 aromatic carbocycles. The molecule has 3 heteroatoms. The zero-order valence-electron chi connectivity index (χ0n) is 10.4. The largest absolute Gasteiger partial charge is 0.353 e. The number of aromatic nitrogens is 2. The van der Waals surface area contributed by atoms with E-state index in [1.807, 2.05) is 6.20 Å². The van der Waals surface area contributed by atoms with E-state index in [1.165, 1.54) is 25.7 Å². The van der Waals surface area contributed by atoms with Crippen molar-refractivity contribution in [3.63, 3.8) is 0 Å². The van der Waals surface area contributed by atoms with Crippen molar-refractivity contribution in [1.29, 1.82) is 0 Å². The van der Waals surface area contributed by atoms with Crippen LogP contribution in [0.1, 0.15) is 46.0 Å². The van der Waals surface area contributed by atoms with Crippen LogP contribution in [0.25, 0.3) is 0 Å². The average molecular weight is 221 g/mol. The van der Waals surface area contributed by atoms with Gasteiger partial charge in [0.1, 0.15) is 0 Å². The fourth-order valence-corrected chi connectivity index (χ4v) is 2.14. The normalized spacial score (nSPS) is 17.4. The second-order valence-corrected chi connectivity index (χ2v) is 4.87. The zero-order valence-corrected chi connectivity index (χ0v) is 10.4. The van der Waals surface area contributed by atoms with E-state index >= 15 is 0 Å². The molecule has 1 fully saturated rings. The molecule has 1 aromatic rings. The minimum atomic E-state index is 0.602. The maximum absolute atomic E-state index is 4.40. The van der Waals surface area contributed by atoms with E-state index in [1.54, 1.807) is 0 Å². The first-order chi connectivity index (χ1) is 7.83. The van der Waals surface area contributed by atoms with Crippen LogP contribution in [-0.4, -0.2) is 15.6 Å². The van der Waals surface area contributed by atoms with Gasteiger partial charge in [0.25, 0.3) is 0 Å². The predicted molar refractivity (Wildman–Crippen MR) is 67.6 cm³/mol. The number of anilines is 1. The summed E-state index contributed by atoms with van der Waals surface area (Å²) in [5.74, 6) is 2.03. The van der Waals surface area contributed by atoms with Crippen molar-refractivity contribution in [3.05, 3.63) is 12.4 Å². The molecule has 0 aliphatic heterocycles. The fourth-order valence-electron chi connectivity index (χ4n) is 2.14. The first-order valence-electron chi connectivity index (χ1n) is 6.61. The molecule has 1 unspecified atom stereocenters. The van der Waals surface area contributed by atoms with Crippen LogP contribution < -0.4 is 5.32 Å². The van der Waals surface area contributed by atoms with Crippen LogP contribution in [0.4, 0.5) is 5.95 Å². The summed E-state index contributed by atoms with van der Waals surface area (Å²) in [6, 6.07) is 0.602. The van der Waals surface area contributed by atoms with E-state index in [0.29, 0.717) is 6.04 Å². The van der Waals surface area contributed by atoms with Gasteiger partial charge in [0.2, 0.25) is 5.95 Å². The van der Waals surface area contributed by atoms with E-state index in [0.717, 1.165) is 24.8 Å². The van der Waals surface area contributed by atoms with Crippen molar-refractivity contribution >= 4 is 5.95 Å². The van der Waals surface area contributed by atoms with Crippen LogP contribution in [0.5, 0.6) is 0 Å². The Balaban J connectivity index is 1.91. The van der Waals surface area contributed by atoms with E-state index in [4.69, 9.17) is 0 Å². The first-order valence-corrected chi connectivity index (χ1v) is 6.61. The number of rotatable bonds is 7. The average Bonchev–Trinajstić information content (AvgIpc) is 3.00. The van der Waals surface area contributed by atoms with Gasteiger partial charge in [-0.3, -0.25) is 0 Å². The molecule has 0 spiro atoms. The van der Waals surface area contributed by atoms with Crippen LogP contribution in [0, 0.1) is 5.92 Å². The summed E-state index contributed by atoms with van der Waals surface area (Å²) in [5, 5.41) is 3.59. The zero-order chi connectivity index (χ0) is 11.4. The van der Waals surface area contributed by atoms with Crippen molar-refractivity contribution in [2.24, 2.45) is 5.92 Å². The summed E-state index contributed by atoms with van der Waals surface area (Å²) < 4.78 is 2.22. The maximum Gasteiger partial charge on any atom is 0.202 e. The molecular formula is C13H23N3. The molecule has 1 heterocycles. The van der Waals surface area contributed by atoms with E-state index < -0.39 is 0 Å². The molecule has 3 nitrogen and oxygen atoms in total. The Morgan fingerprint density at radius 1 is 1.50 bits per heavy atom. The standard InChI is InChI=1S/C13H23N3/c1-3-8-16-9-7-14-13(16)15-12(4-2)10-11-5-6-11/h7,9,11-12H,3-6,8,10H2,1-2H3,(H,14,15). The number of nitrogens with zero attached hydrogens (tertiary/aromatic N) is 2. The van der Waals surface area contributed by atoms with Crippen LogP contribution in [-0.2, 0) is 6.54 Å². The molecule has 1 atom stereocenters. The Morgan fingerprint density at radius 3 is 2.94 bits per heavy atom. The number of imidazole rings is 1. The summed E-state index contributed by atoms with van der Waals surface area (Å²) in [7, 11) is 0. The van der Waals surface area contributed by atoms with Gasteiger partial charge in [-0.25, -0.2) is 4.98 Å². The molecule has 0 bridgehead atoms. The van der Waals surface area contributed by atoms with Crippen LogP contribution in [0.15, 0.2) is 12.4 Å². The van der Waals surface area contributed by atoms with Gasteiger partial charge >= 0.3 is 0 Å². The molecule has 90 valence electrons. The summed E-state index contributed by atoms with van der Waals surface area (Å²) in [6.45, 7) is 5.51. The van der Waals surface area contributed by atoms with Gasteiger partial charge in [0, 0.05) is 25.0 Å². The third-order valence-electron chi connectivity index (χ3n) is 3.32. The van der Waals surface area contributed by atoms with Crippen molar-refractivity contribution < 1.29 is 0 Å². The molecular weight excluding hydrogens is 198 g/mol. The molecule has 1 aliphatic rings. The van der Waals surface area contributed by atoms with Crippen molar-refractivity contribution in [3.8, 4) is 0 Å². The predicted octanol–water partition coefficient (Wildman–Crippen LogP) is 3.28. The molecule has 1 saturated carbocycles. The van der Waals surface area contributed by atoms with Crippen molar-refractivity contribution in [2.75, 3.05) is 5.32 Å². The molecule has 0 radical (unpaired) electrons. The van der Waals surface area contributed by atoms with Gasteiger partial charge < -0.3 is 9.88 Å². The maximum atomic E-state index is 4.40. The van der Waals surface area contributed by atoms with Crippen LogP contribution in [0.2, 0.25) is 0 Å². The Hall–Kier alpha value is -0.990. The highest BCUT2D eigenvalue weighted by Gasteiger charge is 2.25. The van der Waals surface area contributed by atoms with Crippen LogP contribution in [0.3, 0.4) is 0 Å². The lowest BCUT2D eigenvalue weighted by atomic mass is 10.1. The molecule has 0 amide bonds. The Kier molecular flexibility index (Phi) is 3.86. The third kappa shape index (κ3) is 3.00. The van der Waals surface area contributed by atoms with Gasteiger partial charge in [-0.15, -0.1) is 0 Å². The molecule has 1 aliphatic carbocycles. The molecule has 16 heavy (non-hydrogen) atoms. The van der Waals surface area contributed by atoms with Crippen molar-refractivity contribution in [2.45, 2.75) is 58.5 Å². The third-order valence-corrected chi connectivity index (χ3v) is 3.32. The fraction of sp³-hybridized carbons (Fsp3) is 0.769. The number of aryl methyl sites for hydroxylation is 1. The smallest absolute Gasteiger partial charge is 0.202 e. The van der Waals surface area contributed by atoms with Crippen LogP contribution >= 0.6 is 0 Å². The van der Waals surface area contributed by atoms with Gasteiger partial charge in [0.05, 0.1) is 0 Å². The van der Waals surface area contributed by atoms with Gasteiger partial charge in [-0.05, 0) is 25.2 Å². The van der Waals surface area contributed by atoms with Crippen molar-refractivity contribution in [1.82, 2.24) is 9.55 Å². The Labute approximate surface area is 98.3 Å². The van der Waals surface area contributed by atoms with Gasteiger partial charge in [-0.1, -0.05) is 26.7 Å². The van der Waals surface area contributed by atoms with E-state index in [2.05, 4.69) is 34.9 Å². The topological polar surface area (TPSA) is 29.9 Å². The lowest BCUT2D eigenvalue weighted by molar-refractivity contribution is 0.574. The number of hydrogen-bond donors (Lipinski definition) is 1. The van der Waals surface area contributed by atoms with E-state index in [9.17, 15) is 0 Å². The molecule has 2 rings (SSSR count). The summed E-state index contributed by atoms with van der Waals surface area (Å²) in [4.78, 5) is 4.40. The van der Waals surface area contributed by atoms with Gasteiger partial charge in [-0.2, -0.15) is 0 Å². The highest BCUT2D eigenvalue weighted by atomic mass is 15.2. The van der Waals surface area contributed by atoms with Gasteiger partial charge in [0.15, 0.2) is 0 Å². The quantitative estimate of drug-likeness (QED) is 0.765. The molecule has 1 aromatic heterocycles. The highest BCUT2D eigenvalue weighted by molar-refractivity contribution is 5.27. The lowest BCUT2D eigenvalue weighted by Crippen LogP contribution is -2.21. The highest BCUT2D eigenvalue weighted by Crippen LogP contribution is 2.34. The second-order valence-electron chi connectivity index (χ2n) is 4.87. The number of hydrogen-bond acceptors (Lipinski definition) is 2. The Morgan fingerprint density at radius 2 is 2.31 bits per heavy atom. The molecule has 0 saturated heterocycles. The van der Waals surface area contributed by atoms with E-state index in [-0.39, 0.29) is 0 Å². The minimum Gasteiger partial charge on any atom is -0.353 e. The summed E-state index contributed by atoms with van der Waals surface area (Å²) in [6.07, 6.45) is 10.5. The minimum absolute atomic E-state index is 0.602. The summed E-state index contributed by atoms with van der Waals surface area (Å²) in [5.41, 5.74) is 0. The summed E-state index contributed by atoms with van der Waals surface area (Å²) >= 11 is 0. The monoisotopic (exact) mass is 221 g/mol. The Bertz CT molecular complexity index is 315. The lowest BCUT2D eigenvalue weighted by Gasteiger charge is -2.18. The molecule has 1 N–H and O–H groups in total. The SMILES string of the molecule is CCCn1ccnc1NC(CC)CC1CC1.